The number of benzene rings is 1. The zero-order valence-corrected chi connectivity index (χ0v) is 11.9. The summed E-state index contributed by atoms with van der Waals surface area (Å²) >= 11 is 0. The Kier molecular flexibility index (Phi) is 3.50. The van der Waals surface area contributed by atoms with Crippen molar-refractivity contribution >= 4 is 5.69 Å². The van der Waals surface area contributed by atoms with Gasteiger partial charge in [0.05, 0.1) is 6.10 Å². The van der Waals surface area contributed by atoms with Crippen LogP contribution in [0.3, 0.4) is 0 Å². The van der Waals surface area contributed by atoms with Crippen LogP contribution in [-0.4, -0.2) is 31.3 Å². The predicted molar refractivity (Wildman–Crippen MR) is 78.6 cm³/mol. The standard InChI is InChI=1S/C16H24N2O/c1-11-5-7-17-14(9-11)16(19)13-3-4-15-12(10-13)6-8-18(15)2/h3-4,10-11,14,16-17,19H,5-9H2,1-2H3. The second-order valence-electron chi connectivity index (χ2n) is 6.19. The summed E-state index contributed by atoms with van der Waals surface area (Å²) in [6.45, 7) is 4.39. The van der Waals surface area contributed by atoms with Gasteiger partial charge in [0.2, 0.25) is 0 Å². The van der Waals surface area contributed by atoms with Crippen LogP contribution in [0.2, 0.25) is 0 Å². The Morgan fingerprint density at radius 3 is 3.05 bits per heavy atom. The summed E-state index contributed by atoms with van der Waals surface area (Å²) in [6, 6.07) is 6.66. The molecule has 0 aromatic heterocycles. The number of likely N-dealkylation sites (N-methyl/N-ethyl adjacent to an activating group) is 1. The normalized spacial score (nSPS) is 28.3. The largest absolute Gasteiger partial charge is 0.387 e. The zero-order valence-electron chi connectivity index (χ0n) is 11.9. The number of aliphatic hydroxyl groups excluding tert-OH is 1. The van der Waals surface area contributed by atoms with E-state index in [-0.39, 0.29) is 12.1 Å². The number of piperidine rings is 1. The highest BCUT2D eigenvalue weighted by Gasteiger charge is 2.27. The van der Waals surface area contributed by atoms with E-state index in [9.17, 15) is 5.11 Å². The molecule has 0 saturated carbocycles. The molecule has 104 valence electrons. The maximum absolute atomic E-state index is 10.6. The molecule has 0 spiro atoms. The molecule has 2 N–H and O–H groups in total. The minimum absolute atomic E-state index is 0.209. The summed E-state index contributed by atoms with van der Waals surface area (Å²) in [5, 5.41) is 14.0. The minimum atomic E-state index is -0.376. The van der Waals surface area contributed by atoms with E-state index in [1.54, 1.807) is 0 Å². The van der Waals surface area contributed by atoms with Crippen LogP contribution in [0.5, 0.6) is 0 Å². The molecular formula is C16H24N2O. The van der Waals surface area contributed by atoms with E-state index in [4.69, 9.17) is 0 Å². The second-order valence-corrected chi connectivity index (χ2v) is 6.19. The molecule has 0 amide bonds. The number of nitrogens with zero attached hydrogens (tertiary/aromatic N) is 1. The van der Waals surface area contributed by atoms with Gasteiger partial charge in [0.25, 0.3) is 0 Å². The summed E-state index contributed by atoms with van der Waals surface area (Å²) in [6.07, 6.45) is 3.01. The molecule has 2 heterocycles. The lowest BCUT2D eigenvalue weighted by molar-refractivity contribution is 0.101. The summed E-state index contributed by atoms with van der Waals surface area (Å²) in [5.41, 5.74) is 3.77. The molecule has 1 aromatic carbocycles. The maximum Gasteiger partial charge on any atom is 0.0943 e. The summed E-state index contributed by atoms with van der Waals surface area (Å²) < 4.78 is 0. The first-order chi connectivity index (χ1) is 9.15. The molecule has 1 fully saturated rings. The fraction of sp³-hybridized carbons (Fsp3) is 0.625. The van der Waals surface area contributed by atoms with Crippen LogP contribution in [0.25, 0.3) is 0 Å². The molecule has 1 aromatic rings. The predicted octanol–water partition coefficient (Wildman–Crippen LogP) is 2.10. The van der Waals surface area contributed by atoms with E-state index < -0.39 is 0 Å². The van der Waals surface area contributed by atoms with Crippen LogP contribution < -0.4 is 10.2 Å². The fourth-order valence-corrected chi connectivity index (χ4v) is 3.39. The Bertz CT molecular complexity index is 460. The van der Waals surface area contributed by atoms with E-state index in [0.717, 1.165) is 31.5 Å². The molecule has 3 rings (SSSR count). The van der Waals surface area contributed by atoms with Crippen LogP contribution in [0.4, 0.5) is 5.69 Å². The molecule has 0 aliphatic carbocycles. The van der Waals surface area contributed by atoms with Crippen molar-refractivity contribution < 1.29 is 5.11 Å². The van der Waals surface area contributed by atoms with E-state index >= 15 is 0 Å². The summed E-state index contributed by atoms with van der Waals surface area (Å²) in [4.78, 5) is 2.28. The maximum atomic E-state index is 10.6. The molecule has 3 heteroatoms. The van der Waals surface area contributed by atoms with Crippen LogP contribution in [0.1, 0.15) is 37.0 Å². The minimum Gasteiger partial charge on any atom is -0.387 e. The van der Waals surface area contributed by atoms with Crippen molar-refractivity contribution in [2.75, 3.05) is 25.0 Å². The Hall–Kier alpha value is -1.06. The van der Waals surface area contributed by atoms with Crippen molar-refractivity contribution in [2.24, 2.45) is 5.92 Å². The van der Waals surface area contributed by atoms with E-state index in [0.29, 0.717) is 5.92 Å². The van der Waals surface area contributed by atoms with Gasteiger partial charge in [0, 0.05) is 25.3 Å². The lowest BCUT2D eigenvalue weighted by Gasteiger charge is -2.32. The molecule has 1 saturated heterocycles. The third-order valence-electron chi connectivity index (χ3n) is 4.65. The Morgan fingerprint density at radius 1 is 1.42 bits per heavy atom. The molecule has 0 radical (unpaired) electrons. The molecule has 3 unspecified atom stereocenters. The third-order valence-corrected chi connectivity index (χ3v) is 4.65. The van der Waals surface area contributed by atoms with Crippen molar-refractivity contribution in [1.29, 1.82) is 0 Å². The van der Waals surface area contributed by atoms with E-state index in [1.165, 1.54) is 17.7 Å². The van der Waals surface area contributed by atoms with Gasteiger partial charge in [-0.05, 0) is 48.9 Å². The smallest absolute Gasteiger partial charge is 0.0943 e. The number of fused-ring (bicyclic) bond motifs is 1. The molecule has 3 nitrogen and oxygen atoms in total. The molecule has 2 aliphatic heterocycles. The molecule has 3 atom stereocenters. The monoisotopic (exact) mass is 260 g/mol. The molecular weight excluding hydrogens is 236 g/mol. The van der Waals surface area contributed by atoms with E-state index in [2.05, 4.69) is 42.4 Å². The Morgan fingerprint density at radius 2 is 2.26 bits per heavy atom. The Balaban J connectivity index is 1.78. The molecule has 0 bridgehead atoms. The van der Waals surface area contributed by atoms with Crippen molar-refractivity contribution in [1.82, 2.24) is 5.32 Å². The highest BCUT2D eigenvalue weighted by atomic mass is 16.3. The topological polar surface area (TPSA) is 35.5 Å². The number of hydrogen-bond donors (Lipinski definition) is 2. The average Bonchev–Trinajstić information content (AvgIpc) is 2.79. The second kappa shape index (κ2) is 5.14. The van der Waals surface area contributed by atoms with Gasteiger partial charge in [-0.15, -0.1) is 0 Å². The first-order valence-electron chi connectivity index (χ1n) is 7.40. The highest BCUT2D eigenvalue weighted by molar-refractivity contribution is 5.58. The summed E-state index contributed by atoms with van der Waals surface area (Å²) in [7, 11) is 2.13. The number of rotatable bonds is 2. The summed E-state index contributed by atoms with van der Waals surface area (Å²) in [5.74, 6) is 0.710. The lowest BCUT2D eigenvalue weighted by atomic mass is 9.88. The number of hydrogen-bond acceptors (Lipinski definition) is 3. The highest BCUT2D eigenvalue weighted by Crippen LogP contribution is 2.32. The van der Waals surface area contributed by atoms with Crippen molar-refractivity contribution in [2.45, 2.75) is 38.3 Å². The van der Waals surface area contributed by atoms with Crippen LogP contribution >= 0.6 is 0 Å². The quantitative estimate of drug-likeness (QED) is 0.855. The van der Waals surface area contributed by atoms with Gasteiger partial charge in [-0.1, -0.05) is 19.1 Å². The van der Waals surface area contributed by atoms with Gasteiger partial charge < -0.3 is 15.3 Å². The zero-order chi connectivity index (χ0) is 13.4. The number of nitrogens with one attached hydrogen (secondary N) is 1. The van der Waals surface area contributed by atoms with Gasteiger partial charge in [0.15, 0.2) is 0 Å². The Labute approximate surface area is 115 Å². The van der Waals surface area contributed by atoms with Crippen molar-refractivity contribution in [3.63, 3.8) is 0 Å². The van der Waals surface area contributed by atoms with Gasteiger partial charge >= 0.3 is 0 Å². The van der Waals surface area contributed by atoms with Crippen LogP contribution in [0.15, 0.2) is 18.2 Å². The van der Waals surface area contributed by atoms with Gasteiger partial charge in [-0.2, -0.15) is 0 Å². The van der Waals surface area contributed by atoms with E-state index in [1.807, 2.05) is 0 Å². The average molecular weight is 260 g/mol. The molecule has 19 heavy (non-hydrogen) atoms. The van der Waals surface area contributed by atoms with Gasteiger partial charge in [-0.3, -0.25) is 0 Å². The first kappa shape index (κ1) is 12.9. The lowest BCUT2D eigenvalue weighted by Crippen LogP contribution is -2.41. The fourth-order valence-electron chi connectivity index (χ4n) is 3.39. The first-order valence-corrected chi connectivity index (χ1v) is 7.40. The SMILES string of the molecule is CC1CCNC(C(O)c2ccc3c(c2)CCN3C)C1. The molecule has 2 aliphatic rings. The van der Waals surface area contributed by atoms with Crippen molar-refractivity contribution in [3.8, 4) is 0 Å². The van der Waals surface area contributed by atoms with Crippen LogP contribution in [0, 0.1) is 5.92 Å². The van der Waals surface area contributed by atoms with Gasteiger partial charge in [-0.25, -0.2) is 0 Å². The third kappa shape index (κ3) is 2.49. The van der Waals surface area contributed by atoms with Crippen molar-refractivity contribution in [3.05, 3.63) is 29.3 Å². The van der Waals surface area contributed by atoms with Gasteiger partial charge in [0.1, 0.15) is 0 Å². The number of anilines is 1. The van der Waals surface area contributed by atoms with Crippen LogP contribution in [-0.2, 0) is 6.42 Å². The number of aliphatic hydroxyl groups is 1.